The molecule has 5 heteroatoms. The topological polar surface area (TPSA) is 64.4 Å². The Bertz CT molecular complexity index is 335. The Morgan fingerprint density at radius 3 is 2.80 bits per heavy atom. The molecule has 1 N–H and O–H groups in total. The second kappa shape index (κ2) is 4.93. The number of ether oxygens (including phenoxy) is 1. The van der Waals surface area contributed by atoms with Crippen molar-refractivity contribution in [2.45, 2.75) is 32.8 Å². The molecule has 1 amide bonds. The van der Waals surface area contributed by atoms with E-state index < -0.39 is 0 Å². The van der Waals surface area contributed by atoms with Crippen molar-refractivity contribution in [1.29, 1.82) is 0 Å². The van der Waals surface area contributed by atoms with Gasteiger partial charge in [-0.05, 0) is 6.92 Å². The van der Waals surface area contributed by atoms with Crippen molar-refractivity contribution >= 4 is 11.7 Å². The van der Waals surface area contributed by atoms with Gasteiger partial charge in [0, 0.05) is 26.0 Å². The van der Waals surface area contributed by atoms with E-state index in [1.54, 1.807) is 13.2 Å². The van der Waals surface area contributed by atoms with Gasteiger partial charge in [0.05, 0.1) is 6.10 Å². The highest BCUT2D eigenvalue weighted by Crippen LogP contribution is 2.23. The van der Waals surface area contributed by atoms with Crippen LogP contribution in [0.15, 0.2) is 10.6 Å². The molecule has 0 fully saturated rings. The van der Waals surface area contributed by atoms with E-state index in [0.717, 1.165) is 0 Å². The summed E-state index contributed by atoms with van der Waals surface area (Å²) in [6, 6.07) is 1.71. The number of carbonyl (C=O) groups excluding carboxylic acids is 1. The van der Waals surface area contributed by atoms with Gasteiger partial charge in [0.1, 0.15) is 5.76 Å². The number of carbonyl (C=O) groups is 1. The summed E-state index contributed by atoms with van der Waals surface area (Å²) >= 11 is 0. The first kappa shape index (κ1) is 11.7. The van der Waals surface area contributed by atoms with Crippen LogP contribution in [0, 0.1) is 0 Å². The van der Waals surface area contributed by atoms with Gasteiger partial charge in [0.25, 0.3) is 0 Å². The second-order valence-corrected chi connectivity index (χ2v) is 3.53. The molecule has 0 saturated heterocycles. The number of nitrogens with zero attached hydrogens (tertiary/aromatic N) is 1. The molecule has 15 heavy (non-hydrogen) atoms. The maximum Gasteiger partial charge on any atom is 0.222 e. The molecule has 1 heterocycles. The Hall–Kier alpha value is -1.36. The summed E-state index contributed by atoms with van der Waals surface area (Å²) in [5, 5.41) is 6.28. The van der Waals surface area contributed by atoms with Crippen molar-refractivity contribution in [2.75, 3.05) is 12.4 Å². The van der Waals surface area contributed by atoms with Crippen molar-refractivity contribution in [3.63, 3.8) is 0 Å². The second-order valence-electron chi connectivity index (χ2n) is 3.53. The van der Waals surface area contributed by atoms with E-state index in [1.165, 1.54) is 6.92 Å². The Kier molecular flexibility index (Phi) is 3.85. The van der Waals surface area contributed by atoms with Gasteiger partial charge < -0.3 is 14.6 Å². The Labute approximate surface area is 88.8 Å². The molecule has 1 aromatic heterocycles. The van der Waals surface area contributed by atoms with Crippen molar-refractivity contribution in [2.24, 2.45) is 0 Å². The first-order chi connectivity index (χ1) is 7.04. The SMILES string of the molecule is COC(C)C(C)c1cc(NC(C)=O)no1. The summed E-state index contributed by atoms with van der Waals surface area (Å²) in [6.45, 7) is 5.35. The molecule has 84 valence electrons. The molecule has 0 radical (unpaired) electrons. The molecule has 0 bridgehead atoms. The van der Waals surface area contributed by atoms with Gasteiger partial charge in [-0.25, -0.2) is 0 Å². The molecule has 0 aromatic carbocycles. The van der Waals surface area contributed by atoms with Crippen molar-refractivity contribution in [3.05, 3.63) is 11.8 Å². The van der Waals surface area contributed by atoms with Crippen LogP contribution in [0.4, 0.5) is 5.82 Å². The predicted octanol–water partition coefficient (Wildman–Crippen LogP) is 1.77. The van der Waals surface area contributed by atoms with Gasteiger partial charge in [0.2, 0.25) is 5.91 Å². The van der Waals surface area contributed by atoms with Crippen LogP contribution in [-0.4, -0.2) is 24.3 Å². The van der Waals surface area contributed by atoms with Crippen LogP contribution in [0.25, 0.3) is 0 Å². The van der Waals surface area contributed by atoms with Crippen molar-refractivity contribution in [1.82, 2.24) is 5.16 Å². The standard InChI is InChI=1S/C10H16N2O3/c1-6(7(2)14-4)9-5-10(12-15-9)11-8(3)13/h5-7H,1-4H3,(H,11,12,13). The zero-order chi connectivity index (χ0) is 11.4. The molecular weight excluding hydrogens is 196 g/mol. The fraction of sp³-hybridized carbons (Fsp3) is 0.600. The van der Waals surface area contributed by atoms with Crippen LogP contribution in [0.1, 0.15) is 32.4 Å². The van der Waals surface area contributed by atoms with E-state index in [1.807, 2.05) is 13.8 Å². The van der Waals surface area contributed by atoms with Crippen molar-refractivity contribution < 1.29 is 14.1 Å². The lowest BCUT2D eigenvalue weighted by molar-refractivity contribution is -0.114. The van der Waals surface area contributed by atoms with Gasteiger partial charge in [-0.3, -0.25) is 4.79 Å². The van der Waals surface area contributed by atoms with E-state index in [-0.39, 0.29) is 17.9 Å². The number of anilines is 1. The molecule has 0 aliphatic carbocycles. The maximum absolute atomic E-state index is 10.8. The lowest BCUT2D eigenvalue weighted by Gasteiger charge is -2.14. The average molecular weight is 212 g/mol. The molecule has 1 aromatic rings. The highest BCUT2D eigenvalue weighted by Gasteiger charge is 2.18. The van der Waals surface area contributed by atoms with E-state index in [2.05, 4.69) is 10.5 Å². The summed E-state index contributed by atoms with van der Waals surface area (Å²) in [4.78, 5) is 10.8. The zero-order valence-corrected chi connectivity index (χ0v) is 9.40. The lowest BCUT2D eigenvalue weighted by Crippen LogP contribution is -2.13. The highest BCUT2D eigenvalue weighted by molar-refractivity contribution is 5.87. The third-order valence-corrected chi connectivity index (χ3v) is 2.36. The molecule has 0 spiro atoms. The molecule has 1 rings (SSSR count). The van der Waals surface area contributed by atoms with Crippen LogP contribution in [0.3, 0.4) is 0 Å². The minimum atomic E-state index is -0.165. The fourth-order valence-electron chi connectivity index (χ4n) is 1.18. The number of aromatic nitrogens is 1. The Morgan fingerprint density at radius 1 is 1.60 bits per heavy atom. The number of rotatable bonds is 4. The van der Waals surface area contributed by atoms with Gasteiger partial charge >= 0.3 is 0 Å². The van der Waals surface area contributed by atoms with Crippen LogP contribution in [0.5, 0.6) is 0 Å². The van der Waals surface area contributed by atoms with E-state index in [0.29, 0.717) is 11.6 Å². The van der Waals surface area contributed by atoms with Crippen LogP contribution < -0.4 is 5.32 Å². The summed E-state index contributed by atoms with van der Waals surface area (Å²) in [5.41, 5.74) is 0. The molecule has 0 aliphatic rings. The molecule has 0 aliphatic heterocycles. The molecule has 0 saturated carbocycles. The van der Waals surface area contributed by atoms with Gasteiger partial charge in [-0.1, -0.05) is 12.1 Å². The van der Waals surface area contributed by atoms with Gasteiger partial charge in [-0.15, -0.1) is 0 Å². The van der Waals surface area contributed by atoms with Crippen molar-refractivity contribution in [3.8, 4) is 0 Å². The fourth-order valence-corrected chi connectivity index (χ4v) is 1.18. The minimum absolute atomic E-state index is 0.0446. The molecule has 5 nitrogen and oxygen atoms in total. The quantitative estimate of drug-likeness (QED) is 0.826. The number of hydrogen-bond acceptors (Lipinski definition) is 4. The smallest absolute Gasteiger partial charge is 0.222 e. The summed E-state index contributed by atoms with van der Waals surface area (Å²) in [6.07, 6.45) is 0.0446. The Balaban J connectivity index is 2.70. The Morgan fingerprint density at radius 2 is 2.27 bits per heavy atom. The average Bonchev–Trinajstić information content (AvgIpc) is 2.63. The number of hydrogen-bond donors (Lipinski definition) is 1. The van der Waals surface area contributed by atoms with E-state index in [4.69, 9.17) is 9.26 Å². The van der Waals surface area contributed by atoms with Crippen LogP contribution in [-0.2, 0) is 9.53 Å². The third-order valence-electron chi connectivity index (χ3n) is 2.36. The molecule has 2 atom stereocenters. The third kappa shape index (κ3) is 3.06. The summed E-state index contributed by atoms with van der Waals surface area (Å²) in [5.74, 6) is 1.08. The van der Waals surface area contributed by atoms with Gasteiger partial charge in [-0.2, -0.15) is 0 Å². The molecular formula is C10H16N2O3. The largest absolute Gasteiger partial charge is 0.381 e. The number of methoxy groups -OCH3 is 1. The van der Waals surface area contributed by atoms with Gasteiger partial charge in [0.15, 0.2) is 5.82 Å². The lowest BCUT2D eigenvalue weighted by atomic mass is 10.0. The predicted molar refractivity (Wildman–Crippen MR) is 55.7 cm³/mol. The van der Waals surface area contributed by atoms with Crippen LogP contribution in [0.2, 0.25) is 0 Å². The zero-order valence-electron chi connectivity index (χ0n) is 9.40. The first-order valence-corrected chi connectivity index (χ1v) is 4.81. The number of amides is 1. The number of nitrogens with one attached hydrogen (secondary N) is 1. The highest BCUT2D eigenvalue weighted by atomic mass is 16.5. The summed E-state index contributed by atoms with van der Waals surface area (Å²) < 4.78 is 10.3. The summed E-state index contributed by atoms with van der Waals surface area (Å²) in [7, 11) is 1.65. The van der Waals surface area contributed by atoms with E-state index in [9.17, 15) is 4.79 Å². The first-order valence-electron chi connectivity index (χ1n) is 4.81. The monoisotopic (exact) mass is 212 g/mol. The van der Waals surface area contributed by atoms with E-state index >= 15 is 0 Å². The maximum atomic E-state index is 10.8. The minimum Gasteiger partial charge on any atom is -0.381 e. The molecule has 2 unspecified atom stereocenters. The normalized spacial score (nSPS) is 14.7. The van der Waals surface area contributed by atoms with Crippen LogP contribution >= 0.6 is 0 Å².